The fraction of sp³-hybridized carbons (Fsp3) is 0.333. The summed E-state index contributed by atoms with van der Waals surface area (Å²) >= 11 is 0. The summed E-state index contributed by atoms with van der Waals surface area (Å²) in [5, 5.41) is 10.8. The molecule has 0 atom stereocenters. The minimum atomic E-state index is -0.216. The first kappa shape index (κ1) is 14.3. The molecule has 2 rings (SSSR count). The third-order valence-electron chi connectivity index (χ3n) is 3.21. The van der Waals surface area contributed by atoms with Gasteiger partial charge in [-0.15, -0.1) is 0 Å². The lowest BCUT2D eigenvalue weighted by Crippen LogP contribution is -2.39. The Bertz CT molecular complexity index is 626. The molecule has 3 N–H and O–H groups in total. The molecule has 106 valence electrons. The number of aliphatic hydroxyl groups is 1. The Morgan fingerprint density at radius 2 is 2.10 bits per heavy atom. The van der Waals surface area contributed by atoms with Gasteiger partial charge in [0.2, 0.25) is 0 Å². The third-order valence-corrected chi connectivity index (χ3v) is 3.21. The topological polar surface area (TPSA) is 79.5 Å². The van der Waals surface area contributed by atoms with Crippen molar-refractivity contribution < 1.29 is 9.90 Å². The fourth-order valence-corrected chi connectivity index (χ4v) is 2.18. The van der Waals surface area contributed by atoms with Crippen molar-refractivity contribution >= 4 is 22.5 Å². The van der Waals surface area contributed by atoms with E-state index in [0.29, 0.717) is 11.5 Å². The Kier molecular flexibility index (Phi) is 4.20. The first-order chi connectivity index (χ1) is 9.54. The van der Waals surface area contributed by atoms with Crippen LogP contribution in [0.5, 0.6) is 0 Å². The predicted molar refractivity (Wildman–Crippen MR) is 79.4 cm³/mol. The van der Waals surface area contributed by atoms with E-state index in [-0.39, 0.29) is 25.1 Å². The molecule has 5 heteroatoms. The fourth-order valence-electron chi connectivity index (χ4n) is 2.18. The number of fused-ring (bicyclic) bond motifs is 1. The highest BCUT2D eigenvalue weighted by Crippen LogP contribution is 2.21. The minimum Gasteiger partial charge on any atom is -0.395 e. The number of hydrogen-bond acceptors (Lipinski definition) is 4. The van der Waals surface area contributed by atoms with E-state index in [1.165, 1.54) is 0 Å². The zero-order valence-electron chi connectivity index (χ0n) is 11.7. The van der Waals surface area contributed by atoms with Crippen LogP contribution in [0.2, 0.25) is 0 Å². The molecule has 0 fully saturated rings. The van der Waals surface area contributed by atoms with Gasteiger partial charge >= 0.3 is 0 Å². The number of nitrogens with zero attached hydrogens (tertiary/aromatic N) is 2. The summed E-state index contributed by atoms with van der Waals surface area (Å²) in [7, 11) is 0. The van der Waals surface area contributed by atoms with Crippen molar-refractivity contribution in [2.24, 2.45) is 0 Å². The van der Waals surface area contributed by atoms with Crippen molar-refractivity contribution in [1.29, 1.82) is 0 Å². The van der Waals surface area contributed by atoms with Gasteiger partial charge in [0.15, 0.2) is 0 Å². The van der Waals surface area contributed by atoms with Crippen molar-refractivity contribution in [2.45, 2.75) is 19.9 Å². The molecule has 1 amide bonds. The number of nitrogens with two attached hydrogens (primary N) is 1. The minimum absolute atomic E-state index is 0.0101. The number of nitrogen functional groups attached to an aromatic ring is 1. The van der Waals surface area contributed by atoms with Gasteiger partial charge in [0.05, 0.1) is 6.61 Å². The van der Waals surface area contributed by atoms with Crippen LogP contribution < -0.4 is 5.73 Å². The van der Waals surface area contributed by atoms with Crippen LogP contribution in [-0.4, -0.2) is 40.1 Å². The van der Waals surface area contributed by atoms with Gasteiger partial charge in [0, 0.05) is 18.0 Å². The molecule has 20 heavy (non-hydrogen) atoms. The quantitative estimate of drug-likeness (QED) is 0.888. The maximum atomic E-state index is 12.5. The Morgan fingerprint density at radius 3 is 2.75 bits per heavy atom. The van der Waals surface area contributed by atoms with E-state index in [9.17, 15) is 4.79 Å². The SMILES string of the molecule is CC(C)N(CCO)C(=O)c1cc2ccccc2c(N)n1. The van der Waals surface area contributed by atoms with Crippen molar-refractivity contribution in [3.8, 4) is 0 Å². The molecule has 1 aromatic heterocycles. The Hall–Kier alpha value is -2.14. The number of aliphatic hydroxyl groups excluding tert-OH is 1. The van der Waals surface area contributed by atoms with Crippen LogP contribution in [0.25, 0.3) is 10.8 Å². The number of carbonyl (C=O) groups is 1. The molecular formula is C15H19N3O2. The van der Waals surface area contributed by atoms with Crippen LogP contribution in [0.15, 0.2) is 30.3 Å². The monoisotopic (exact) mass is 273 g/mol. The molecule has 2 aromatic rings. The van der Waals surface area contributed by atoms with Crippen LogP contribution in [0, 0.1) is 0 Å². The summed E-state index contributed by atoms with van der Waals surface area (Å²) in [5.41, 5.74) is 6.22. The molecular weight excluding hydrogens is 254 g/mol. The van der Waals surface area contributed by atoms with Gasteiger partial charge in [-0.05, 0) is 25.3 Å². The predicted octanol–water partition coefficient (Wildman–Crippen LogP) is 1.66. The molecule has 0 unspecified atom stereocenters. The number of anilines is 1. The van der Waals surface area contributed by atoms with Crippen LogP contribution in [0.3, 0.4) is 0 Å². The van der Waals surface area contributed by atoms with Gasteiger partial charge in [-0.1, -0.05) is 24.3 Å². The average molecular weight is 273 g/mol. The van der Waals surface area contributed by atoms with E-state index in [1.54, 1.807) is 11.0 Å². The van der Waals surface area contributed by atoms with E-state index >= 15 is 0 Å². The second-order valence-electron chi connectivity index (χ2n) is 4.93. The molecule has 0 radical (unpaired) electrons. The number of pyridine rings is 1. The number of carbonyl (C=O) groups excluding carboxylic acids is 1. The normalized spacial score (nSPS) is 11.0. The summed E-state index contributed by atoms with van der Waals surface area (Å²) in [4.78, 5) is 18.2. The molecule has 1 aromatic carbocycles. The number of rotatable bonds is 4. The lowest BCUT2D eigenvalue weighted by molar-refractivity contribution is 0.0660. The van der Waals surface area contributed by atoms with Crippen LogP contribution in [0.4, 0.5) is 5.82 Å². The molecule has 0 aliphatic heterocycles. The number of hydrogen-bond donors (Lipinski definition) is 2. The van der Waals surface area contributed by atoms with Gasteiger partial charge in [-0.25, -0.2) is 4.98 Å². The Balaban J connectivity index is 2.44. The molecule has 1 heterocycles. The summed E-state index contributed by atoms with van der Waals surface area (Å²) < 4.78 is 0. The number of aromatic nitrogens is 1. The average Bonchev–Trinajstić information content (AvgIpc) is 2.43. The maximum Gasteiger partial charge on any atom is 0.272 e. The zero-order chi connectivity index (χ0) is 14.7. The largest absolute Gasteiger partial charge is 0.395 e. The summed E-state index contributed by atoms with van der Waals surface area (Å²) in [6.45, 7) is 4.01. The smallest absolute Gasteiger partial charge is 0.272 e. The second kappa shape index (κ2) is 5.88. The van der Waals surface area contributed by atoms with Crippen LogP contribution in [-0.2, 0) is 0 Å². The zero-order valence-corrected chi connectivity index (χ0v) is 11.7. The molecule has 0 aliphatic rings. The lowest BCUT2D eigenvalue weighted by atomic mass is 10.1. The van der Waals surface area contributed by atoms with Gasteiger partial charge < -0.3 is 15.7 Å². The van der Waals surface area contributed by atoms with Crippen LogP contribution in [0.1, 0.15) is 24.3 Å². The van der Waals surface area contributed by atoms with Crippen LogP contribution >= 0.6 is 0 Å². The first-order valence-corrected chi connectivity index (χ1v) is 6.61. The highest BCUT2D eigenvalue weighted by Gasteiger charge is 2.20. The highest BCUT2D eigenvalue weighted by molar-refractivity contribution is 5.99. The van der Waals surface area contributed by atoms with Crippen molar-refractivity contribution in [3.63, 3.8) is 0 Å². The molecule has 0 aliphatic carbocycles. The van der Waals surface area contributed by atoms with E-state index in [2.05, 4.69) is 4.98 Å². The summed E-state index contributed by atoms with van der Waals surface area (Å²) in [5.74, 6) is 0.130. The van der Waals surface area contributed by atoms with Gasteiger partial charge in [-0.3, -0.25) is 4.79 Å². The van der Waals surface area contributed by atoms with Crippen molar-refractivity contribution in [2.75, 3.05) is 18.9 Å². The summed E-state index contributed by atoms with van der Waals surface area (Å²) in [6.07, 6.45) is 0. The first-order valence-electron chi connectivity index (χ1n) is 6.61. The van der Waals surface area contributed by atoms with Crippen molar-refractivity contribution in [1.82, 2.24) is 9.88 Å². The standard InChI is InChI=1S/C15H19N3O2/c1-10(2)18(7-8-19)15(20)13-9-11-5-3-4-6-12(11)14(16)17-13/h3-6,9-10,19H,7-8H2,1-2H3,(H2,16,17). The highest BCUT2D eigenvalue weighted by atomic mass is 16.3. The molecule has 0 spiro atoms. The van der Waals surface area contributed by atoms with Gasteiger partial charge in [0.1, 0.15) is 11.5 Å². The van der Waals surface area contributed by atoms with E-state index in [4.69, 9.17) is 10.8 Å². The molecule has 0 bridgehead atoms. The van der Waals surface area contributed by atoms with E-state index in [0.717, 1.165) is 10.8 Å². The number of benzene rings is 1. The Morgan fingerprint density at radius 1 is 1.40 bits per heavy atom. The van der Waals surface area contributed by atoms with E-state index < -0.39 is 0 Å². The molecule has 0 saturated heterocycles. The second-order valence-corrected chi connectivity index (χ2v) is 4.93. The van der Waals surface area contributed by atoms with Gasteiger partial charge in [-0.2, -0.15) is 0 Å². The van der Waals surface area contributed by atoms with Gasteiger partial charge in [0.25, 0.3) is 5.91 Å². The summed E-state index contributed by atoms with van der Waals surface area (Å²) in [6, 6.07) is 9.28. The number of amides is 1. The molecule has 0 saturated carbocycles. The van der Waals surface area contributed by atoms with Crippen molar-refractivity contribution in [3.05, 3.63) is 36.0 Å². The maximum absolute atomic E-state index is 12.5. The van der Waals surface area contributed by atoms with E-state index in [1.807, 2.05) is 38.1 Å². The Labute approximate surface area is 118 Å². The third kappa shape index (κ3) is 2.72. The lowest BCUT2D eigenvalue weighted by Gasteiger charge is -2.25. The molecule has 5 nitrogen and oxygen atoms in total.